The predicted molar refractivity (Wildman–Crippen MR) is 136 cm³/mol. The van der Waals surface area contributed by atoms with Crippen LogP contribution in [0.5, 0.6) is 5.75 Å². The third-order valence-electron chi connectivity index (χ3n) is 6.77. The molecule has 0 spiro atoms. The Hall–Kier alpha value is -4.00. The van der Waals surface area contributed by atoms with Gasteiger partial charge >= 0.3 is 0 Å². The van der Waals surface area contributed by atoms with Crippen LogP contribution in [0, 0.1) is 5.82 Å². The Morgan fingerprint density at radius 1 is 1.03 bits per heavy atom. The van der Waals surface area contributed by atoms with Gasteiger partial charge in [-0.15, -0.1) is 10.2 Å². The second-order valence-corrected chi connectivity index (χ2v) is 8.76. The minimum Gasteiger partial charge on any atom is -0.497 e. The number of benzene rings is 3. The van der Waals surface area contributed by atoms with Gasteiger partial charge in [-0.2, -0.15) is 4.80 Å². The van der Waals surface area contributed by atoms with Crippen molar-refractivity contribution in [3.05, 3.63) is 101 Å². The summed E-state index contributed by atoms with van der Waals surface area (Å²) in [7, 11) is 1.69. The molecular formula is C28H28FN5O. The molecule has 7 heteroatoms. The third kappa shape index (κ3) is 4.30. The van der Waals surface area contributed by atoms with Gasteiger partial charge < -0.3 is 9.64 Å². The third-order valence-corrected chi connectivity index (χ3v) is 6.77. The largest absolute Gasteiger partial charge is 0.497 e. The lowest BCUT2D eigenvalue weighted by atomic mass is 9.76. The first-order valence-corrected chi connectivity index (χ1v) is 11.8. The smallest absolute Gasteiger partial charge is 0.197 e. The molecule has 2 heterocycles. The number of ether oxygens (including phenoxy) is 1. The maximum Gasteiger partial charge on any atom is 0.197 e. The van der Waals surface area contributed by atoms with Gasteiger partial charge in [0, 0.05) is 12.2 Å². The van der Waals surface area contributed by atoms with E-state index in [0.717, 1.165) is 35.5 Å². The zero-order valence-electron chi connectivity index (χ0n) is 20.1. The molecule has 1 unspecified atom stereocenters. The maximum absolute atomic E-state index is 13.7. The minimum atomic E-state index is -0.439. The fourth-order valence-electron chi connectivity index (χ4n) is 4.85. The molecule has 0 saturated heterocycles. The highest BCUT2D eigenvalue weighted by Crippen LogP contribution is 2.44. The highest BCUT2D eigenvalue weighted by atomic mass is 19.1. The summed E-state index contributed by atoms with van der Waals surface area (Å²) in [5.41, 5.74) is 5.23. The van der Waals surface area contributed by atoms with Crippen LogP contribution in [0.25, 0.3) is 12.2 Å². The van der Waals surface area contributed by atoms with E-state index in [2.05, 4.69) is 63.6 Å². The van der Waals surface area contributed by atoms with Crippen LogP contribution in [0.1, 0.15) is 41.9 Å². The number of halogens is 1. The van der Waals surface area contributed by atoms with Gasteiger partial charge in [0.2, 0.25) is 0 Å². The summed E-state index contributed by atoms with van der Waals surface area (Å²) in [5.74, 6) is 1.21. The molecule has 1 aliphatic rings. The number of rotatable bonds is 6. The molecule has 5 rings (SSSR count). The van der Waals surface area contributed by atoms with Gasteiger partial charge in [0.05, 0.1) is 19.2 Å². The molecule has 35 heavy (non-hydrogen) atoms. The summed E-state index contributed by atoms with van der Waals surface area (Å²) >= 11 is 0. The van der Waals surface area contributed by atoms with Crippen molar-refractivity contribution in [2.45, 2.75) is 32.4 Å². The summed E-state index contributed by atoms with van der Waals surface area (Å²) < 4.78 is 19.2. The molecule has 0 radical (unpaired) electrons. The van der Waals surface area contributed by atoms with E-state index in [1.54, 1.807) is 11.9 Å². The van der Waals surface area contributed by atoms with E-state index < -0.39 is 5.54 Å². The zero-order chi connectivity index (χ0) is 24.4. The summed E-state index contributed by atoms with van der Waals surface area (Å²) in [4.78, 5) is 3.92. The summed E-state index contributed by atoms with van der Waals surface area (Å²) in [6, 6.07) is 21.6. The van der Waals surface area contributed by atoms with Crippen LogP contribution >= 0.6 is 0 Å². The Labute approximate surface area is 204 Å². The summed E-state index contributed by atoms with van der Waals surface area (Å²) in [5, 5.41) is 12.3. The number of hydrogen-bond acceptors (Lipinski definition) is 5. The van der Waals surface area contributed by atoms with E-state index in [1.807, 2.05) is 37.3 Å². The van der Waals surface area contributed by atoms with Gasteiger partial charge in [0.15, 0.2) is 5.82 Å². The van der Waals surface area contributed by atoms with Gasteiger partial charge in [-0.1, -0.05) is 36.4 Å². The summed E-state index contributed by atoms with van der Waals surface area (Å²) in [6.07, 6.45) is 4.73. The molecule has 0 bridgehead atoms. The van der Waals surface area contributed by atoms with Gasteiger partial charge in [0.1, 0.15) is 11.6 Å². The highest BCUT2D eigenvalue weighted by molar-refractivity contribution is 5.67. The second-order valence-electron chi connectivity index (χ2n) is 8.76. The molecule has 0 amide bonds. The first kappa shape index (κ1) is 22.8. The molecule has 3 aromatic carbocycles. The number of fused-ring (bicyclic) bond motifs is 1. The van der Waals surface area contributed by atoms with Crippen molar-refractivity contribution in [1.29, 1.82) is 0 Å². The van der Waals surface area contributed by atoms with Crippen molar-refractivity contribution in [2.75, 3.05) is 18.6 Å². The van der Waals surface area contributed by atoms with Crippen molar-refractivity contribution in [3.63, 3.8) is 0 Å². The number of hydrogen-bond donors (Lipinski definition) is 0. The normalized spacial score (nSPS) is 17.5. The summed E-state index contributed by atoms with van der Waals surface area (Å²) in [6.45, 7) is 5.70. The van der Waals surface area contributed by atoms with Gasteiger partial charge in [-0.25, -0.2) is 4.39 Å². The quantitative estimate of drug-likeness (QED) is 0.382. The van der Waals surface area contributed by atoms with Crippen LogP contribution in [0.15, 0.2) is 66.7 Å². The average molecular weight is 470 g/mol. The van der Waals surface area contributed by atoms with E-state index in [9.17, 15) is 4.39 Å². The van der Waals surface area contributed by atoms with Crippen molar-refractivity contribution in [2.24, 2.45) is 0 Å². The van der Waals surface area contributed by atoms with Gasteiger partial charge in [-0.05, 0) is 90.2 Å². The molecule has 0 saturated carbocycles. The van der Waals surface area contributed by atoms with Crippen molar-refractivity contribution in [3.8, 4) is 5.75 Å². The lowest BCUT2D eigenvalue weighted by molar-refractivity contribution is 0.411. The fourth-order valence-corrected chi connectivity index (χ4v) is 4.85. The lowest BCUT2D eigenvalue weighted by Crippen LogP contribution is -2.49. The minimum absolute atomic E-state index is 0.234. The lowest BCUT2D eigenvalue weighted by Gasteiger charge is -2.48. The van der Waals surface area contributed by atoms with Crippen LogP contribution in [0.4, 0.5) is 10.1 Å². The van der Waals surface area contributed by atoms with Crippen molar-refractivity contribution >= 4 is 17.8 Å². The monoisotopic (exact) mass is 469 g/mol. The Morgan fingerprint density at radius 3 is 2.49 bits per heavy atom. The molecule has 1 aliphatic heterocycles. The van der Waals surface area contributed by atoms with Gasteiger partial charge in [0.25, 0.3) is 0 Å². The number of methoxy groups -OCH3 is 1. The SMILES string of the molecule is CCn1nnc(/C=C/c2ccc(C3(C)c4ccc(OC)cc4CCN3c3ccc(F)cc3)cc2)n1. The second kappa shape index (κ2) is 9.33. The number of nitrogens with zero attached hydrogens (tertiary/aromatic N) is 5. The predicted octanol–water partition coefficient (Wildman–Crippen LogP) is 5.34. The number of aryl methyl sites for hydroxylation is 1. The standard InChI is InChI=1S/C28H28FN5O/c1-4-34-31-27(30-32-34)16-7-20-5-8-22(9-6-20)28(2)26-15-14-25(35-3)19-21(26)17-18-33(28)24-12-10-23(29)11-13-24/h5-16,19H,4,17-18H2,1-3H3/b16-7+. The van der Waals surface area contributed by atoms with Crippen LogP contribution < -0.4 is 9.64 Å². The first-order valence-electron chi connectivity index (χ1n) is 11.8. The van der Waals surface area contributed by atoms with E-state index in [1.165, 1.54) is 23.3 Å². The Bertz CT molecular complexity index is 1350. The molecule has 1 aromatic heterocycles. The fraction of sp³-hybridized carbons (Fsp3) is 0.250. The van der Waals surface area contributed by atoms with E-state index in [-0.39, 0.29) is 5.82 Å². The molecule has 4 aromatic rings. The molecule has 1 atom stereocenters. The van der Waals surface area contributed by atoms with Crippen molar-refractivity contribution < 1.29 is 9.13 Å². The molecule has 0 fully saturated rings. The molecule has 6 nitrogen and oxygen atoms in total. The first-order chi connectivity index (χ1) is 17.0. The van der Waals surface area contributed by atoms with E-state index in [0.29, 0.717) is 12.4 Å². The number of aromatic nitrogens is 4. The van der Waals surface area contributed by atoms with E-state index in [4.69, 9.17) is 4.74 Å². The molecule has 0 aliphatic carbocycles. The van der Waals surface area contributed by atoms with Crippen LogP contribution in [0.2, 0.25) is 0 Å². The van der Waals surface area contributed by atoms with E-state index >= 15 is 0 Å². The van der Waals surface area contributed by atoms with Gasteiger partial charge in [-0.3, -0.25) is 0 Å². The maximum atomic E-state index is 13.7. The Kier molecular flexibility index (Phi) is 6.07. The average Bonchev–Trinajstić information content (AvgIpc) is 3.36. The number of anilines is 1. The Morgan fingerprint density at radius 2 is 1.80 bits per heavy atom. The number of tetrazole rings is 1. The Balaban J connectivity index is 1.53. The highest BCUT2D eigenvalue weighted by Gasteiger charge is 2.40. The molecular weight excluding hydrogens is 441 g/mol. The van der Waals surface area contributed by atoms with Crippen LogP contribution in [0.3, 0.4) is 0 Å². The van der Waals surface area contributed by atoms with Crippen LogP contribution in [-0.2, 0) is 18.5 Å². The molecule has 0 N–H and O–H groups in total. The van der Waals surface area contributed by atoms with Crippen LogP contribution in [-0.4, -0.2) is 33.9 Å². The molecule has 178 valence electrons. The van der Waals surface area contributed by atoms with Crippen molar-refractivity contribution in [1.82, 2.24) is 20.2 Å². The zero-order valence-corrected chi connectivity index (χ0v) is 20.1. The topological polar surface area (TPSA) is 56.1 Å².